The molecule has 0 aromatic heterocycles. The first kappa shape index (κ1) is 8.84. The minimum absolute atomic E-state index is 0.0463. The predicted molar refractivity (Wildman–Crippen MR) is 44.4 cm³/mol. The van der Waals surface area contributed by atoms with Gasteiger partial charge in [0.05, 0.1) is 13.2 Å². The van der Waals surface area contributed by atoms with Gasteiger partial charge in [-0.1, -0.05) is 6.08 Å². The predicted octanol–water partition coefficient (Wildman–Crippen LogP) is 1.41. The van der Waals surface area contributed by atoms with Crippen molar-refractivity contribution in [1.82, 2.24) is 0 Å². The van der Waals surface area contributed by atoms with E-state index in [4.69, 9.17) is 9.47 Å². The molecule has 0 amide bonds. The first-order valence-electron chi connectivity index (χ1n) is 3.82. The highest BCUT2D eigenvalue weighted by Crippen LogP contribution is 2.17. The Morgan fingerprint density at radius 2 is 2.67 bits per heavy atom. The molecule has 0 aromatic carbocycles. The molecule has 0 saturated carbocycles. The molecule has 3 nitrogen and oxygen atoms in total. The van der Waals surface area contributed by atoms with E-state index in [1.807, 2.05) is 0 Å². The van der Waals surface area contributed by atoms with Crippen LogP contribution in [0.25, 0.3) is 0 Å². The normalized spacial score (nSPS) is 22.6. The number of rotatable bonds is 3. The van der Waals surface area contributed by atoms with Gasteiger partial charge in [0.1, 0.15) is 6.10 Å². The van der Waals surface area contributed by atoms with Gasteiger partial charge in [-0.05, 0) is 0 Å². The second-order valence-electron chi connectivity index (χ2n) is 2.60. The highest BCUT2D eigenvalue weighted by atomic mass is 16.7. The molecule has 1 aliphatic rings. The van der Waals surface area contributed by atoms with Crippen LogP contribution in [0.15, 0.2) is 24.7 Å². The maximum absolute atomic E-state index is 11.0. The molecule has 1 rings (SSSR count). The van der Waals surface area contributed by atoms with E-state index < -0.39 is 0 Å². The van der Waals surface area contributed by atoms with Crippen LogP contribution < -0.4 is 0 Å². The molecule has 1 heterocycles. The minimum Gasteiger partial charge on any atom is -0.469 e. The summed E-state index contributed by atoms with van der Waals surface area (Å²) in [5.74, 6) is 0.350. The van der Waals surface area contributed by atoms with Crippen LogP contribution in [0.4, 0.5) is 0 Å². The molecule has 3 heteroatoms. The molecule has 0 bridgehead atoms. The SMILES string of the molecule is C=CCC1CC(=O)C=C(OC)O1. The Labute approximate surface area is 71.7 Å². The summed E-state index contributed by atoms with van der Waals surface area (Å²) in [6.45, 7) is 3.58. The Hall–Kier alpha value is -1.25. The second-order valence-corrected chi connectivity index (χ2v) is 2.60. The highest BCUT2D eigenvalue weighted by molar-refractivity contribution is 5.90. The van der Waals surface area contributed by atoms with Gasteiger partial charge >= 0.3 is 0 Å². The van der Waals surface area contributed by atoms with Crippen molar-refractivity contribution in [2.45, 2.75) is 18.9 Å². The fourth-order valence-electron chi connectivity index (χ4n) is 1.08. The van der Waals surface area contributed by atoms with Crippen molar-refractivity contribution in [3.63, 3.8) is 0 Å². The fourth-order valence-corrected chi connectivity index (χ4v) is 1.08. The van der Waals surface area contributed by atoms with Gasteiger partial charge in [0.15, 0.2) is 5.78 Å². The summed E-state index contributed by atoms with van der Waals surface area (Å²) in [5, 5.41) is 0. The third-order valence-electron chi connectivity index (χ3n) is 1.62. The lowest BCUT2D eigenvalue weighted by Gasteiger charge is -2.21. The quantitative estimate of drug-likeness (QED) is 0.598. The molecular weight excluding hydrogens is 156 g/mol. The van der Waals surface area contributed by atoms with E-state index in [-0.39, 0.29) is 11.9 Å². The molecule has 1 atom stereocenters. The minimum atomic E-state index is -0.102. The summed E-state index contributed by atoms with van der Waals surface area (Å²) in [6, 6.07) is 0. The Morgan fingerprint density at radius 1 is 1.92 bits per heavy atom. The summed E-state index contributed by atoms with van der Waals surface area (Å²) >= 11 is 0. The molecule has 66 valence electrons. The van der Waals surface area contributed by atoms with E-state index in [1.54, 1.807) is 6.08 Å². The number of hydrogen-bond acceptors (Lipinski definition) is 3. The molecule has 1 unspecified atom stereocenters. The third kappa shape index (κ3) is 2.12. The zero-order chi connectivity index (χ0) is 8.97. The number of carbonyl (C=O) groups excluding carboxylic acids is 1. The summed E-state index contributed by atoms with van der Waals surface area (Å²) in [4.78, 5) is 11.0. The Bertz CT molecular complexity index is 218. The lowest BCUT2D eigenvalue weighted by Crippen LogP contribution is -2.21. The van der Waals surface area contributed by atoms with Gasteiger partial charge in [0.2, 0.25) is 0 Å². The highest BCUT2D eigenvalue weighted by Gasteiger charge is 2.20. The van der Waals surface area contributed by atoms with E-state index in [0.29, 0.717) is 18.8 Å². The van der Waals surface area contributed by atoms with Gasteiger partial charge in [-0.15, -0.1) is 6.58 Å². The van der Waals surface area contributed by atoms with Crippen molar-refractivity contribution in [2.75, 3.05) is 7.11 Å². The van der Waals surface area contributed by atoms with E-state index in [1.165, 1.54) is 13.2 Å². The van der Waals surface area contributed by atoms with E-state index >= 15 is 0 Å². The van der Waals surface area contributed by atoms with E-state index in [9.17, 15) is 4.79 Å². The number of hydrogen-bond donors (Lipinski definition) is 0. The van der Waals surface area contributed by atoms with Crippen LogP contribution in [0.2, 0.25) is 0 Å². The number of methoxy groups -OCH3 is 1. The summed E-state index contributed by atoms with van der Waals surface area (Å²) in [6.07, 6.45) is 4.09. The average molecular weight is 168 g/mol. The molecule has 0 radical (unpaired) electrons. The molecule has 0 fully saturated rings. The van der Waals surface area contributed by atoms with Crippen LogP contribution in [0.1, 0.15) is 12.8 Å². The van der Waals surface area contributed by atoms with Crippen LogP contribution in [0.5, 0.6) is 0 Å². The first-order chi connectivity index (χ1) is 5.76. The summed E-state index contributed by atoms with van der Waals surface area (Å²) in [5.41, 5.74) is 0. The van der Waals surface area contributed by atoms with Crippen molar-refractivity contribution in [3.8, 4) is 0 Å². The first-order valence-corrected chi connectivity index (χ1v) is 3.82. The molecule has 0 aliphatic carbocycles. The molecular formula is C9H12O3. The molecule has 1 aliphatic heterocycles. The molecule has 0 aromatic rings. The zero-order valence-corrected chi connectivity index (χ0v) is 7.08. The fraction of sp³-hybridized carbons (Fsp3) is 0.444. The largest absolute Gasteiger partial charge is 0.469 e. The van der Waals surface area contributed by atoms with Gasteiger partial charge in [-0.25, -0.2) is 0 Å². The molecule has 0 spiro atoms. The van der Waals surface area contributed by atoms with Gasteiger partial charge in [-0.2, -0.15) is 0 Å². The van der Waals surface area contributed by atoms with Crippen LogP contribution in [-0.2, 0) is 14.3 Å². The average Bonchev–Trinajstić information content (AvgIpc) is 2.04. The zero-order valence-electron chi connectivity index (χ0n) is 7.08. The number of ether oxygens (including phenoxy) is 2. The standard InChI is InChI=1S/C9H12O3/c1-3-4-8-5-7(10)6-9(11-2)12-8/h3,6,8H,1,4-5H2,2H3. The van der Waals surface area contributed by atoms with Crippen molar-refractivity contribution in [2.24, 2.45) is 0 Å². The van der Waals surface area contributed by atoms with Gasteiger partial charge in [0, 0.05) is 12.8 Å². The Balaban J connectivity index is 2.59. The summed E-state index contributed by atoms with van der Waals surface area (Å²) < 4.78 is 10.1. The van der Waals surface area contributed by atoms with Crippen molar-refractivity contribution >= 4 is 5.78 Å². The number of ketones is 1. The second kappa shape index (κ2) is 3.95. The van der Waals surface area contributed by atoms with Crippen molar-refractivity contribution in [1.29, 1.82) is 0 Å². The Morgan fingerprint density at radius 3 is 3.25 bits per heavy atom. The van der Waals surface area contributed by atoms with Crippen LogP contribution in [0.3, 0.4) is 0 Å². The monoisotopic (exact) mass is 168 g/mol. The Kier molecular flexibility index (Phi) is 2.91. The maximum atomic E-state index is 11.0. The maximum Gasteiger partial charge on any atom is 0.282 e. The smallest absolute Gasteiger partial charge is 0.282 e. The number of allylic oxidation sites excluding steroid dienone is 1. The van der Waals surface area contributed by atoms with Crippen LogP contribution in [0, 0.1) is 0 Å². The molecule has 0 N–H and O–H groups in total. The van der Waals surface area contributed by atoms with E-state index in [2.05, 4.69) is 6.58 Å². The van der Waals surface area contributed by atoms with Crippen molar-refractivity contribution in [3.05, 3.63) is 24.7 Å². The lowest BCUT2D eigenvalue weighted by atomic mass is 10.1. The van der Waals surface area contributed by atoms with Gasteiger partial charge in [0.25, 0.3) is 5.95 Å². The molecule has 0 saturated heterocycles. The lowest BCUT2D eigenvalue weighted by molar-refractivity contribution is -0.121. The van der Waals surface area contributed by atoms with Gasteiger partial charge < -0.3 is 9.47 Å². The van der Waals surface area contributed by atoms with Crippen molar-refractivity contribution < 1.29 is 14.3 Å². The topological polar surface area (TPSA) is 35.5 Å². The van der Waals surface area contributed by atoms with Gasteiger partial charge in [-0.3, -0.25) is 4.79 Å². The summed E-state index contributed by atoms with van der Waals surface area (Å²) in [7, 11) is 1.48. The van der Waals surface area contributed by atoms with Crippen LogP contribution in [-0.4, -0.2) is 19.0 Å². The number of carbonyl (C=O) groups is 1. The third-order valence-corrected chi connectivity index (χ3v) is 1.62. The van der Waals surface area contributed by atoms with Crippen LogP contribution >= 0.6 is 0 Å². The molecule has 12 heavy (non-hydrogen) atoms. The van der Waals surface area contributed by atoms with E-state index in [0.717, 1.165) is 0 Å².